The largest absolute Gasteiger partial charge is 0.507 e. The van der Waals surface area contributed by atoms with Gasteiger partial charge in [-0.3, -0.25) is 0 Å². The molecular formula is C41H48O2. The molecule has 6 rings (SSSR count). The molecule has 2 unspecified atom stereocenters. The van der Waals surface area contributed by atoms with Crippen LogP contribution in [0.25, 0.3) is 0 Å². The number of phenolic OH excluding ortho intramolecular Hbond substituents is 2. The van der Waals surface area contributed by atoms with Crippen molar-refractivity contribution in [2.24, 2.45) is 0 Å². The predicted octanol–water partition coefficient (Wildman–Crippen LogP) is 11.1. The Bertz CT molecular complexity index is 1380. The molecule has 4 aromatic carbocycles. The molecule has 2 aliphatic rings. The highest BCUT2D eigenvalue weighted by atomic mass is 16.3. The van der Waals surface area contributed by atoms with Gasteiger partial charge in [-0.05, 0) is 77.3 Å². The fourth-order valence-corrected chi connectivity index (χ4v) is 8.12. The van der Waals surface area contributed by atoms with Crippen LogP contribution in [0.15, 0.2) is 84.9 Å². The van der Waals surface area contributed by atoms with E-state index in [4.69, 9.17) is 0 Å². The number of rotatable bonds is 8. The van der Waals surface area contributed by atoms with Gasteiger partial charge in [-0.25, -0.2) is 0 Å². The van der Waals surface area contributed by atoms with E-state index in [1.165, 1.54) is 49.7 Å². The van der Waals surface area contributed by atoms with Crippen molar-refractivity contribution < 1.29 is 10.2 Å². The zero-order valence-electron chi connectivity index (χ0n) is 26.1. The standard InChI is InChI=1S/C41H48O2/c1-28(30-15-7-3-8-16-30)38-34(23-25-36(40(38)42)32-19-11-5-12-20-32)27-35-24-26-37(33-21-13-6-14-22-33)41(43)39(35)29(2)31-17-9-4-10-18-31/h3-4,7-10,15-18,23-26,28-29,32-33,42-43H,5-6,11-14,19-22,27H2,1-2H3. The summed E-state index contributed by atoms with van der Waals surface area (Å²) < 4.78 is 0. The SMILES string of the molecule is CC(c1ccccc1)c1c(Cc2ccc(C3CCCCC3)c(O)c2C(C)c2ccccc2)ccc(C2CCCCC2)c1O. The lowest BCUT2D eigenvalue weighted by atomic mass is 9.77. The normalized spacial score (nSPS) is 17.9. The molecule has 2 nitrogen and oxygen atoms in total. The van der Waals surface area contributed by atoms with Gasteiger partial charge < -0.3 is 10.2 Å². The lowest BCUT2D eigenvalue weighted by molar-refractivity contribution is 0.409. The van der Waals surface area contributed by atoms with Gasteiger partial charge in [0, 0.05) is 23.0 Å². The van der Waals surface area contributed by atoms with Crippen LogP contribution in [-0.2, 0) is 6.42 Å². The summed E-state index contributed by atoms with van der Waals surface area (Å²) in [5.74, 6) is 1.95. The minimum atomic E-state index is 0.0600. The van der Waals surface area contributed by atoms with E-state index < -0.39 is 0 Å². The van der Waals surface area contributed by atoms with Crippen molar-refractivity contribution in [3.63, 3.8) is 0 Å². The van der Waals surface area contributed by atoms with Gasteiger partial charge in [-0.15, -0.1) is 0 Å². The van der Waals surface area contributed by atoms with Crippen LogP contribution >= 0.6 is 0 Å². The summed E-state index contributed by atoms with van der Waals surface area (Å²) in [6.07, 6.45) is 12.8. The lowest BCUT2D eigenvalue weighted by Gasteiger charge is -2.28. The Labute approximate surface area is 258 Å². The second kappa shape index (κ2) is 13.4. The van der Waals surface area contributed by atoms with Crippen LogP contribution in [0.5, 0.6) is 11.5 Å². The molecule has 0 saturated heterocycles. The molecule has 2 atom stereocenters. The van der Waals surface area contributed by atoms with Gasteiger partial charge in [0.05, 0.1) is 0 Å². The van der Waals surface area contributed by atoms with E-state index in [1.807, 2.05) is 0 Å². The Balaban J connectivity index is 1.46. The predicted molar refractivity (Wildman–Crippen MR) is 179 cm³/mol. The first-order chi connectivity index (χ1) is 21.0. The summed E-state index contributed by atoms with van der Waals surface area (Å²) in [6.45, 7) is 4.46. The molecule has 2 aliphatic carbocycles. The highest BCUT2D eigenvalue weighted by molar-refractivity contribution is 5.57. The Morgan fingerprint density at radius 3 is 1.26 bits per heavy atom. The second-order valence-electron chi connectivity index (χ2n) is 13.3. The summed E-state index contributed by atoms with van der Waals surface area (Å²) in [7, 11) is 0. The maximum absolute atomic E-state index is 12.0. The Kier molecular flexibility index (Phi) is 9.22. The molecule has 4 aromatic rings. The second-order valence-corrected chi connectivity index (χ2v) is 13.3. The Hall–Kier alpha value is -3.52. The van der Waals surface area contributed by atoms with E-state index in [1.54, 1.807) is 0 Å². The summed E-state index contributed by atoms with van der Waals surface area (Å²) >= 11 is 0. The van der Waals surface area contributed by atoms with Crippen LogP contribution in [0.1, 0.15) is 146 Å². The number of aromatic hydroxyl groups is 2. The highest BCUT2D eigenvalue weighted by Gasteiger charge is 2.28. The van der Waals surface area contributed by atoms with E-state index >= 15 is 0 Å². The van der Waals surface area contributed by atoms with Crippen LogP contribution in [-0.4, -0.2) is 10.2 Å². The number of hydrogen-bond donors (Lipinski definition) is 2. The average Bonchev–Trinajstić information content (AvgIpc) is 3.06. The summed E-state index contributed by atoms with van der Waals surface area (Å²) in [5.41, 5.74) is 9.07. The van der Waals surface area contributed by atoms with Gasteiger partial charge in [0.15, 0.2) is 0 Å². The topological polar surface area (TPSA) is 40.5 Å². The molecule has 0 aromatic heterocycles. The van der Waals surface area contributed by atoms with Crippen molar-refractivity contribution in [1.29, 1.82) is 0 Å². The third kappa shape index (κ3) is 6.26. The molecular weight excluding hydrogens is 524 g/mol. The van der Waals surface area contributed by atoms with E-state index in [-0.39, 0.29) is 11.8 Å². The van der Waals surface area contributed by atoms with Crippen molar-refractivity contribution in [2.75, 3.05) is 0 Å². The summed E-state index contributed by atoms with van der Waals surface area (Å²) in [5, 5.41) is 24.0. The van der Waals surface area contributed by atoms with E-state index in [0.717, 1.165) is 59.1 Å². The zero-order valence-corrected chi connectivity index (χ0v) is 26.1. The van der Waals surface area contributed by atoms with Gasteiger partial charge >= 0.3 is 0 Å². The molecule has 224 valence electrons. The molecule has 0 radical (unpaired) electrons. The lowest BCUT2D eigenvalue weighted by Crippen LogP contribution is -2.11. The van der Waals surface area contributed by atoms with Gasteiger partial charge in [-0.1, -0.05) is 137 Å². The third-order valence-electron chi connectivity index (χ3n) is 10.6. The number of phenols is 2. The highest BCUT2D eigenvalue weighted by Crippen LogP contribution is 2.46. The van der Waals surface area contributed by atoms with Gasteiger partial charge in [0.1, 0.15) is 11.5 Å². The first-order valence-corrected chi connectivity index (χ1v) is 16.8. The summed E-state index contributed by atoms with van der Waals surface area (Å²) in [6, 6.07) is 30.2. The average molecular weight is 573 g/mol. The molecule has 2 heteroatoms. The van der Waals surface area contributed by atoms with E-state index in [2.05, 4.69) is 98.8 Å². The smallest absolute Gasteiger partial charge is 0.123 e. The molecule has 2 fully saturated rings. The molecule has 43 heavy (non-hydrogen) atoms. The minimum Gasteiger partial charge on any atom is -0.507 e. The van der Waals surface area contributed by atoms with Gasteiger partial charge in [0.2, 0.25) is 0 Å². The first kappa shape index (κ1) is 29.5. The minimum absolute atomic E-state index is 0.0600. The summed E-state index contributed by atoms with van der Waals surface area (Å²) in [4.78, 5) is 0. The maximum Gasteiger partial charge on any atom is 0.123 e. The molecule has 2 N–H and O–H groups in total. The Morgan fingerprint density at radius 2 is 0.884 bits per heavy atom. The third-order valence-corrected chi connectivity index (χ3v) is 10.6. The molecule has 0 amide bonds. The quantitative estimate of drug-likeness (QED) is 0.220. The van der Waals surface area contributed by atoms with Crippen LogP contribution in [0.3, 0.4) is 0 Å². The first-order valence-electron chi connectivity index (χ1n) is 16.8. The molecule has 0 aliphatic heterocycles. The molecule has 0 spiro atoms. The monoisotopic (exact) mass is 572 g/mol. The van der Waals surface area contributed by atoms with Crippen LogP contribution in [0.2, 0.25) is 0 Å². The van der Waals surface area contributed by atoms with Crippen molar-refractivity contribution in [1.82, 2.24) is 0 Å². The Morgan fingerprint density at radius 1 is 0.512 bits per heavy atom. The van der Waals surface area contributed by atoms with Crippen molar-refractivity contribution in [3.05, 3.63) is 129 Å². The van der Waals surface area contributed by atoms with Gasteiger partial charge in [-0.2, -0.15) is 0 Å². The maximum atomic E-state index is 12.0. The fourth-order valence-electron chi connectivity index (χ4n) is 8.12. The fraction of sp³-hybridized carbons (Fsp3) is 0.415. The van der Waals surface area contributed by atoms with E-state index in [0.29, 0.717) is 29.8 Å². The number of benzene rings is 4. The molecule has 2 saturated carbocycles. The van der Waals surface area contributed by atoms with Crippen LogP contribution in [0.4, 0.5) is 0 Å². The molecule has 0 bridgehead atoms. The van der Waals surface area contributed by atoms with Crippen molar-refractivity contribution in [2.45, 2.75) is 108 Å². The van der Waals surface area contributed by atoms with E-state index in [9.17, 15) is 10.2 Å². The van der Waals surface area contributed by atoms with Crippen LogP contribution < -0.4 is 0 Å². The van der Waals surface area contributed by atoms with Crippen molar-refractivity contribution in [3.8, 4) is 11.5 Å². The van der Waals surface area contributed by atoms with Crippen molar-refractivity contribution >= 4 is 0 Å². The molecule has 0 heterocycles. The zero-order chi connectivity index (χ0) is 29.8. The van der Waals surface area contributed by atoms with Gasteiger partial charge in [0.25, 0.3) is 0 Å². The van der Waals surface area contributed by atoms with Crippen LogP contribution in [0, 0.1) is 0 Å². The number of hydrogen-bond acceptors (Lipinski definition) is 2.